The number of amides is 4. The maximum absolute atomic E-state index is 13.4. The van der Waals surface area contributed by atoms with Crippen molar-refractivity contribution >= 4 is 41.4 Å². The minimum Gasteiger partial charge on any atom is -0.477 e. The third-order valence-electron chi connectivity index (χ3n) is 9.79. The number of hydrogen-bond acceptors (Lipinski definition) is 11. The third-order valence-corrected chi connectivity index (χ3v) is 11.3. The van der Waals surface area contributed by atoms with Gasteiger partial charge in [-0.25, -0.2) is 9.48 Å². The number of β-lactam (4-membered cyclic amide) rings is 1. The number of carboxylic acids is 1. The highest BCUT2D eigenvalue weighted by Gasteiger charge is 2.60. The Hall–Kier alpha value is -3.57. The standard InChI is InChI=1S/C28H40N10O6S/c1-14-22-21(15(2)32-20(39)12-37-13-31-33-34-37)27(42)38(22)23(28(43)44)24(14)45-18-9-19(30-10-18)26(41)35-6-3-16(4-7-35)25(40)36-8-5-17(29)11-36/h13-19,21-22,30H,3-12,29H2,1-2H3,(H,32,39)(H,43,44)/t14-,15-,17-,18+,19+,21-,22-/m1/s1. The molecular weight excluding hydrogens is 604 g/mol. The summed E-state index contributed by atoms with van der Waals surface area (Å²) in [5.74, 6) is -2.61. The van der Waals surface area contributed by atoms with Crippen molar-refractivity contribution in [2.45, 2.75) is 75.5 Å². The first-order valence-electron chi connectivity index (χ1n) is 15.6. The lowest BCUT2D eigenvalue weighted by Gasteiger charge is -2.47. The van der Waals surface area contributed by atoms with Crippen LogP contribution in [0.2, 0.25) is 0 Å². The van der Waals surface area contributed by atoms with E-state index in [2.05, 4.69) is 26.2 Å². The molecule has 4 fully saturated rings. The highest BCUT2D eigenvalue weighted by molar-refractivity contribution is 8.03. The summed E-state index contributed by atoms with van der Waals surface area (Å²) >= 11 is 1.42. The van der Waals surface area contributed by atoms with Crippen molar-refractivity contribution in [2.75, 3.05) is 32.7 Å². The van der Waals surface area contributed by atoms with Gasteiger partial charge in [0.15, 0.2) is 0 Å². The third kappa shape index (κ3) is 6.04. The molecule has 45 heavy (non-hydrogen) atoms. The van der Waals surface area contributed by atoms with Gasteiger partial charge >= 0.3 is 5.97 Å². The summed E-state index contributed by atoms with van der Waals surface area (Å²) in [5.41, 5.74) is 5.96. The molecule has 1 aromatic rings. The number of nitrogens with two attached hydrogens (primary N) is 1. The molecule has 0 aromatic carbocycles. The van der Waals surface area contributed by atoms with Gasteiger partial charge in [-0.05, 0) is 43.0 Å². The fraction of sp³-hybridized carbons (Fsp3) is 0.714. The van der Waals surface area contributed by atoms with Crippen LogP contribution in [-0.4, -0.2) is 132 Å². The van der Waals surface area contributed by atoms with E-state index in [1.54, 1.807) is 6.92 Å². The van der Waals surface area contributed by atoms with Crippen LogP contribution in [0.25, 0.3) is 0 Å². The molecule has 16 nitrogen and oxygen atoms in total. The second-order valence-electron chi connectivity index (χ2n) is 12.8. The van der Waals surface area contributed by atoms with Crippen LogP contribution in [0.15, 0.2) is 16.9 Å². The number of tetrazole rings is 1. The van der Waals surface area contributed by atoms with E-state index < -0.39 is 24.0 Å². The molecule has 0 saturated carbocycles. The fourth-order valence-electron chi connectivity index (χ4n) is 7.46. The molecule has 0 unspecified atom stereocenters. The van der Waals surface area contributed by atoms with Crippen LogP contribution in [-0.2, 0) is 30.5 Å². The van der Waals surface area contributed by atoms with Crippen molar-refractivity contribution in [1.82, 2.24) is 45.5 Å². The number of piperidine rings is 1. The van der Waals surface area contributed by atoms with Gasteiger partial charge in [0.2, 0.25) is 23.6 Å². The zero-order chi connectivity index (χ0) is 32.0. The lowest BCUT2D eigenvalue weighted by molar-refractivity contribution is -0.158. The molecule has 5 aliphatic heterocycles. The number of fused-ring (bicyclic) bond motifs is 1. The zero-order valence-corrected chi connectivity index (χ0v) is 26.2. The van der Waals surface area contributed by atoms with E-state index in [0.717, 1.165) is 6.42 Å². The van der Waals surface area contributed by atoms with Crippen LogP contribution in [0, 0.1) is 17.8 Å². The minimum atomic E-state index is -1.17. The molecule has 5 aliphatic rings. The van der Waals surface area contributed by atoms with Gasteiger partial charge in [-0.2, -0.15) is 0 Å². The molecule has 0 bridgehead atoms. The van der Waals surface area contributed by atoms with Gasteiger partial charge in [-0.1, -0.05) is 6.92 Å². The van der Waals surface area contributed by atoms with Crippen molar-refractivity contribution in [3.63, 3.8) is 0 Å². The van der Waals surface area contributed by atoms with E-state index in [0.29, 0.717) is 56.9 Å². The zero-order valence-electron chi connectivity index (χ0n) is 25.4. The number of aromatic nitrogens is 4. The average Bonchev–Trinajstić information content (AvgIpc) is 3.81. The first-order valence-corrected chi connectivity index (χ1v) is 16.4. The summed E-state index contributed by atoms with van der Waals surface area (Å²) in [5, 5.41) is 26.9. The van der Waals surface area contributed by atoms with Gasteiger partial charge in [0.1, 0.15) is 18.6 Å². The molecule has 4 amide bonds. The molecule has 5 N–H and O–H groups in total. The van der Waals surface area contributed by atoms with Crippen LogP contribution >= 0.6 is 11.8 Å². The van der Waals surface area contributed by atoms with Crippen LogP contribution < -0.4 is 16.4 Å². The summed E-state index contributed by atoms with van der Waals surface area (Å²) in [7, 11) is 0. The van der Waals surface area contributed by atoms with E-state index >= 15 is 0 Å². The minimum absolute atomic E-state index is 0.00408. The molecular formula is C28H40N10O6S. The average molecular weight is 645 g/mol. The SMILES string of the molecule is C[C@@H](NC(=O)Cn1cnnn1)[C@H]1C(=O)N2C(C(=O)O)=C(S[C@@H]3CN[C@H](C(=O)N4CCC(C(=O)N5CC[C@@H](N)C5)CC4)C3)[C@H](C)[C@H]12. The van der Waals surface area contributed by atoms with Crippen molar-refractivity contribution in [1.29, 1.82) is 0 Å². The van der Waals surface area contributed by atoms with Gasteiger partial charge < -0.3 is 36.2 Å². The highest BCUT2D eigenvalue weighted by atomic mass is 32.2. The van der Waals surface area contributed by atoms with Gasteiger partial charge in [-0.15, -0.1) is 16.9 Å². The molecule has 6 rings (SSSR count). The Balaban J connectivity index is 1.03. The Labute approximate surface area is 264 Å². The molecule has 6 heterocycles. The van der Waals surface area contributed by atoms with Crippen LogP contribution in [0.4, 0.5) is 0 Å². The van der Waals surface area contributed by atoms with Crippen LogP contribution in [0.3, 0.4) is 0 Å². The first-order chi connectivity index (χ1) is 21.5. The number of aliphatic carboxylic acids is 1. The molecule has 244 valence electrons. The van der Waals surface area contributed by atoms with Gasteiger partial charge in [0, 0.05) is 66.8 Å². The number of carbonyl (C=O) groups is 5. The number of likely N-dealkylation sites (tertiary alicyclic amines) is 2. The summed E-state index contributed by atoms with van der Waals surface area (Å²) < 4.78 is 1.27. The predicted molar refractivity (Wildman–Crippen MR) is 160 cm³/mol. The number of thioether (sulfide) groups is 1. The van der Waals surface area contributed by atoms with Gasteiger partial charge in [0.25, 0.3) is 0 Å². The van der Waals surface area contributed by atoms with E-state index in [9.17, 15) is 29.1 Å². The Morgan fingerprint density at radius 3 is 2.53 bits per heavy atom. The van der Waals surface area contributed by atoms with Crippen molar-refractivity contribution in [3.05, 3.63) is 16.9 Å². The predicted octanol–water partition coefficient (Wildman–Crippen LogP) is -1.79. The molecule has 0 spiro atoms. The normalized spacial score (nSPS) is 30.8. The number of carbonyl (C=O) groups excluding carboxylic acids is 4. The van der Waals surface area contributed by atoms with Crippen molar-refractivity contribution in [2.24, 2.45) is 23.5 Å². The molecule has 7 atom stereocenters. The summed E-state index contributed by atoms with van der Waals surface area (Å²) in [6.07, 6.45) is 3.95. The van der Waals surface area contributed by atoms with Crippen LogP contribution in [0.1, 0.15) is 39.5 Å². The number of nitrogens with zero attached hydrogens (tertiary/aromatic N) is 7. The second-order valence-corrected chi connectivity index (χ2v) is 14.1. The first kappa shape index (κ1) is 31.4. The lowest BCUT2D eigenvalue weighted by atomic mass is 9.78. The quantitative estimate of drug-likeness (QED) is 0.220. The fourth-order valence-corrected chi connectivity index (χ4v) is 8.94. The maximum atomic E-state index is 13.4. The van der Waals surface area contributed by atoms with Gasteiger partial charge in [0.05, 0.1) is 18.0 Å². The monoisotopic (exact) mass is 644 g/mol. The molecule has 1 aromatic heterocycles. The van der Waals surface area contributed by atoms with Crippen molar-refractivity contribution in [3.8, 4) is 0 Å². The molecule has 0 radical (unpaired) electrons. The number of rotatable bonds is 9. The largest absolute Gasteiger partial charge is 0.477 e. The summed E-state index contributed by atoms with van der Waals surface area (Å²) in [4.78, 5) is 70.1. The second kappa shape index (κ2) is 12.7. The van der Waals surface area contributed by atoms with E-state index in [4.69, 9.17) is 5.73 Å². The Bertz CT molecular complexity index is 1380. The topological polar surface area (TPSA) is 209 Å². The highest BCUT2D eigenvalue weighted by Crippen LogP contribution is 2.52. The van der Waals surface area contributed by atoms with Gasteiger partial charge in [-0.3, -0.25) is 19.2 Å². The van der Waals surface area contributed by atoms with E-state index in [-0.39, 0.29) is 65.0 Å². The molecule has 0 aliphatic carbocycles. The molecule has 17 heteroatoms. The number of carboxylic acid groups (broad SMARTS) is 1. The Kier molecular flexibility index (Phi) is 8.85. The number of hydrogen-bond donors (Lipinski definition) is 4. The summed E-state index contributed by atoms with van der Waals surface area (Å²) in [6, 6.07) is -1.25. The number of nitrogens with one attached hydrogen (secondary N) is 2. The van der Waals surface area contributed by atoms with Crippen molar-refractivity contribution < 1.29 is 29.1 Å². The lowest BCUT2D eigenvalue weighted by Crippen LogP contribution is -2.66. The van der Waals surface area contributed by atoms with E-state index in [1.807, 2.05) is 16.7 Å². The van der Waals surface area contributed by atoms with Crippen LogP contribution in [0.5, 0.6) is 0 Å². The Morgan fingerprint density at radius 2 is 1.89 bits per heavy atom. The summed E-state index contributed by atoms with van der Waals surface area (Å²) in [6.45, 7) is 6.45. The smallest absolute Gasteiger partial charge is 0.353 e. The van der Waals surface area contributed by atoms with E-state index in [1.165, 1.54) is 27.7 Å². The Morgan fingerprint density at radius 1 is 1.16 bits per heavy atom. The maximum Gasteiger partial charge on any atom is 0.353 e. The molecule has 4 saturated heterocycles.